The first kappa shape index (κ1) is 16.3. The molecule has 4 atom stereocenters. The summed E-state index contributed by atoms with van der Waals surface area (Å²) in [4.78, 5) is 5.34. The van der Waals surface area contributed by atoms with Crippen LogP contribution in [0.15, 0.2) is 0 Å². The molecule has 0 bridgehead atoms. The highest BCUT2D eigenvalue weighted by Gasteiger charge is 2.33. The maximum absolute atomic E-state index is 3.73. The van der Waals surface area contributed by atoms with Crippen LogP contribution in [0.3, 0.4) is 0 Å². The second-order valence-electron chi connectivity index (χ2n) is 7.01. The van der Waals surface area contributed by atoms with Gasteiger partial charge in [-0.05, 0) is 64.7 Å². The third-order valence-corrected chi connectivity index (χ3v) is 5.52. The van der Waals surface area contributed by atoms with Crippen molar-refractivity contribution in [2.24, 2.45) is 5.92 Å². The lowest BCUT2D eigenvalue weighted by Gasteiger charge is -2.42. The first-order valence-electron chi connectivity index (χ1n) is 8.83. The summed E-state index contributed by atoms with van der Waals surface area (Å²) in [5, 5.41) is 3.73. The minimum Gasteiger partial charge on any atom is -0.313 e. The van der Waals surface area contributed by atoms with Crippen LogP contribution in [-0.4, -0.2) is 61.2 Å². The smallest absolute Gasteiger partial charge is 0.0249 e. The molecule has 2 rings (SSSR count). The van der Waals surface area contributed by atoms with Crippen molar-refractivity contribution in [3.63, 3.8) is 0 Å². The van der Waals surface area contributed by atoms with E-state index in [1.54, 1.807) is 0 Å². The fourth-order valence-electron chi connectivity index (χ4n) is 4.32. The number of likely N-dealkylation sites (tertiary alicyclic amines) is 1. The van der Waals surface area contributed by atoms with Crippen LogP contribution >= 0.6 is 0 Å². The van der Waals surface area contributed by atoms with Crippen LogP contribution in [0.2, 0.25) is 0 Å². The molecule has 0 aromatic rings. The molecule has 0 amide bonds. The van der Waals surface area contributed by atoms with Gasteiger partial charge in [0.2, 0.25) is 0 Å². The Kier molecular flexibility index (Phi) is 6.31. The van der Waals surface area contributed by atoms with E-state index < -0.39 is 0 Å². The van der Waals surface area contributed by atoms with E-state index in [1.807, 2.05) is 0 Å². The summed E-state index contributed by atoms with van der Waals surface area (Å²) in [6.07, 6.45) is 6.90. The summed E-state index contributed by atoms with van der Waals surface area (Å²) in [5.41, 5.74) is 0. The lowest BCUT2D eigenvalue weighted by Crippen LogP contribution is -2.54. The number of nitrogens with zero attached hydrogens (tertiary/aromatic N) is 2. The molecule has 2 aliphatic rings. The zero-order valence-corrected chi connectivity index (χ0v) is 14.1. The van der Waals surface area contributed by atoms with Crippen LogP contribution in [0.4, 0.5) is 0 Å². The Bertz CT molecular complexity index is 281. The number of hydrogen-bond acceptors (Lipinski definition) is 3. The molecule has 1 N–H and O–H groups in total. The Labute approximate surface area is 126 Å². The standard InChI is InChI=1S/C17H35N3/c1-5-18-16-10-9-14(3)12-17(16)19(4)13-15-8-7-11-20(15)6-2/h14-18H,5-13H2,1-4H3. The summed E-state index contributed by atoms with van der Waals surface area (Å²) in [6, 6.07) is 2.24. The van der Waals surface area contributed by atoms with E-state index in [9.17, 15) is 0 Å². The van der Waals surface area contributed by atoms with Gasteiger partial charge in [-0.2, -0.15) is 0 Å². The molecule has 1 aliphatic heterocycles. The lowest BCUT2D eigenvalue weighted by molar-refractivity contribution is 0.0978. The Morgan fingerprint density at radius 2 is 2.00 bits per heavy atom. The van der Waals surface area contributed by atoms with Crippen molar-refractivity contribution < 1.29 is 0 Å². The maximum atomic E-state index is 3.73. The Morgan fingerprint density at radius 3 is 2.70 bits per heavy atom. The Hall–Kier alpha value is -0.120. The van der Waals surface area contributed by atoms with Crippen molar-refractivity contribution in [3.8, 4) is 0 Å². The second-order valence-corrected chi connectivity index (χ2v) is 7.01. The number of nitrogens with one attached hydrogen (secondary N) is 1. The Balaban J connectivity index is 1.92. The van der Waals surface area contributed by atoms with E-state index in [0.717, 1.165) is 24.5 Å². The quantitative estimate of drug-likeness (QED) is 0.807. The molecule has 3 nitrogen and oxygen atoms in total. The molecule has 118 valence electrons. The Morgan fingerprint density at radius 1 is 1.20 bits per heavy atom. The molecular formula is C17H35N3. The highest BCUT2D eigenvalue weighted by atomic mass is 15.2. The summed E-state index contributed by atoms with van der Waals surface area (Å²) in [7, 11) is 2.36. The molecule has 1 saturated heterocycles. The normalized spacial score (nSPS) is 35.9. The molecule has 0 aromatic carbocycles. The summed E-state index contributed by atoms with van der Waals surface area (Å²) in [5.74, 6) is 0.892. The van der Waals surface area contributed by atoms with Gasteiger partial charge in [0.1, 0.15) is 0 Å². The highest BCUT2D eigenvalue weighted by Crippen LogP contribution is 2.28. The van der Waals surface area contributed by atoms with Crippen molar-refractivity contribution >= 4 is 0 Å². The lowest BCUT2D eigenvalue weighted by atomic mass is 9.82. The molecule has 20 heavy (non-hydrogen) atoms. The third-order valence-electron chi connectivity index (χ3n) is 5.52. The molecule has 1 aliphatic carbocycles. The highest BCUT2D eigenvalue weighted by molar-refractivity contribution is 4.91. The van der Waals surface area contributed by atoms with E-state index in [2.05, 4.69) is 42.9 Å². The van der Waals surface area contributed by atoms with E-state index in [1.165, 1.54) is 51.7 Å². The maximum Gasteiger partial charge on any atom is 0.0249 e. The van der Waals surface area contributed by atoms with Gasteiger partial charge in [0.15, 0.2) is 0 Å². The SMILES string of the molecule is CCNC1CCC(C)CC1N(C)CC1CCCN1CC. The van der Waals surface area contributed by atoms with Gasteiger partial charge in [-0.1, -0.05) is 20.8 Å². The fraction of sp³-hybridized carbons (Fsp3) is 1.00. The number of hydrogen-bond donors (Lipinski definition) is 1. The van der Waals surface area contributed by atoms with E-state index in [0.29, 0.717) is 6.04 Å². The summed E-state index contributed by atoms with van der Waals surface area (Å²) >= 11 is 0. The minimum absolute atomic E-state index is 0.706. The van der Waals surface area contributed by atoms with Gasteiger partial charge >= 0.3 is 0 Å². The van der Waals surface area contributed by atoms with Crippen LogP contribution in [-0.2, 0) is 0 Å². The van der Waals surface area contributed by atoms with Crippen LogP contribution in [0.25, 0.3) is 0 Å². The molecule has 1 saturated carbocycles. The van der Waals surface area contributed by atoms with Crippen LogP contribution < -0.4 is 5.32 Å². The molecule has 0 radical (unpaired) electrons. The van der Waals surface area contributed by atoms with Gasteiger partial charge in [0.05, 0.1) is 0 Å². The fourth-order valence-corrected chi connectivity index (χ4v) is 4.32. The molecule has 4 unspecified atom stereocenters. The van der Waals surface area contributed by atoms with Gasteiger partial charge in [-0.15, -0.1) is 0 Å². The molecule has 3 heteroatoms. The van der Waals surface area contributed by atoms with E-state index in [4.69, 9.17) is 0 Å². The van der Waals surface area contributed by atoms with E-state index >= 15 is 0 Å². The van der Waals surface area contributed by atoms with Crippen LogP contribution in [0, 0.1) is 5.92 Å². The monoisotopic (exact) mass is 281 g/mol. The van der Waals surface area contributed by atoms with Crippen molar-refractivity contribution in [2.75, 3.05) is 33.2 Å². The predicted octanol–water partition coefficient (Wildman–Crippen LogP) is 2.57. The van der Waals surface area contributed by atoms with Crippen LogP contribution in [0.1, 0.15) is 52.9 Å². The molecule has 0 aromatic heterocycles. The van der Waals surface area contributed by atoms with Crippen molar-refractivity contribution in [1.29, 1.82) is 0 Å². The first-order valence-corrected chi connectivity index (χ1v) is 8.83. The van der Waals surface area contributed by atoms with Gasteiger partial charge in [0.25, 0.3) is 0 Å². The van der Waals surface area contributed by atoms with Gasteiger partial charge in [-0.25, -0.2) is 0 Å². The molecule has 0 spiro atoms. The third kappa shape index (κ3) is 3.96. The number of likely N-dealkylation sites (N-methyl/N-ethyl adjacent to an activating group) is 3. The topological polar surface area (TPSA) is 18.5 Å². The zero-order valence-electron chi connectivity index (χ0n) is 14.1. The van der Waals surface area contributed by atoms with Gasteiger partial charge in [-0.3, -0.25) is 4.90 Å². The zero-order chi connectivity index (χ0) is 14.5. The van der Waals surface area contributed by atoms with Crippen molar-refractivity contribution in [2.45, 2.75) is 71.0 Å². The largest absolute Gasteiger partial charge is 0.313 e. The molecule has 1 heterocycles. The second kappa shape index (κ2) is 7.77. The van der Waals surface area contributed by atoms with E-state index in [-0.39, 0.29) is 0 Å². The molecular weight excluding hydrogens is 246 g/mol. The molecule has 2 fully saturated rings. The van der Waals surface area contributed by atoms with Crippen molar-refractivity contribution in [3.05, 3.63) is 0 Å². The predicted molar refractivity (Wildman–Crippen MR) is 87.2 cm³/mol. The van der Waals surface area contributed by atoms with Crippen molar-refractivity contribution in [1.82, 2.24) is 15.1 Å². The van der Waals surface area contributed by atoms with Gasteiger partial charge < -0.3 is 10.2 Å². The van der Waals surface area contributed by atoms with Crippen LogP contribution in [0.5, 0.6) is 0 Å². The summed E-state index contributed by atoms with van der Waals surface area (Å²) in [6.45, 7) is 11.9. The number of rotatable bonds is 6. The first-order chi connectivity index (χ1) is 9.65. The average Bonchev–Trinajstić information content (AvgIpc) is 2.88. The minimum atomic E-state index is 0.706. The van der Waals surface area contributed by atoms with Gasteiger partial charge in [0, 0.05) is 24.7 Å². The average molecular weight is 281 g/mol. The summed E-state index contributed by atoms with van der Waals surface area (Å²) < 4.78 is 0.